The van der Waals surface area contributed by atoms with Crippen LogP contribution in [0.25, 0.3) is 21.5 Å². The van der Waals surface area contributed by atoms with Gasteiger partial charge in [0.15, 0.2) is 11.5 Å². The number of aromatic nitrogens is 1. The Balaban J connectivity index is 0.000000265. The fourth-order valence-electron chi connectivity index (χ4n) is 6.11. The first-order chi connectivity index (χ1) is 23.3. The molecule has 0 aliphatic carbocycles. The van der Waals surface area contributed by atoms with E-state index in [0.29, 0.717) is 10.8 Å². The first kappa shape index (κ1) is 37.0. The fraction of sp³-hybridized carbons (Fsp3) is 0.233. The number of para-hydroxylation sites is 2. The van der Waals surface area contributed by atoms with Gasteiger partial charge in [-0.25, -0.2) is 4.98 Å². The van der Waals surface area contributed by atoms with Gasteiger partial charge in [0, 0.05) is 27.6 Å². The molecule has 0 aliphatic heterocycles. The molecule has 0 spiro atoms. The van der Waals surface area contributed by atoms with E-state index < -0.39 is 0 Å². The van der Waals surface area contributed by atoms with E-state index in [9.17, 15) is 10.2 Å². The number of phenolic OH excluding ortho intramolecular Hbond substituents is 2. The molecule has 5 aromatic carbocycles. The number of aliphatic imine (C=N–C) groups is 2. The van der Waals surface area contributed by atoms with E-state index in [1.807, 2.05) is 62.4 Å². The Kier molecular flexibility index (Phi) is 12.9. The summed E-state index contributed by atoms with van der Waals surface area (Å²) in [5.41, 5.74) is 10.9. The molecule has 253 valence electrons. The molecule has 0 fully saturated rings. The summed E-state index contributed by atoms with van der Waals surface area (Å²) in [6.07, 6.45) is 3.87. The number of benzene rings is 5. The average molecular weight is 695 g/mol. The van der Waals surface area contributed by atoms with Crippen molar-refractivity contribution in [3.05, 3.63) is 137 Å². The summed E-state index contributed by atoms with van der Waals surface area (Å²) in [6.45, 7) is 12.8. The molecule has 0 unspecified atom stereocenters. The molecule has 0 saturated carbocycles. The molecular weight excluding hydrogens is 649 g/mol. The van der Waals surface area contributed by atoms with Gasteiger partial charge in [-0.2, -0.15) is 0 Å². The quantitative estimate of drug-likeness (QED) is 0.0946. The predicted molar refractivity (Wildman–Crippen MR) is 203 cm³/mol. The van der Waals surface area contributed by atoms with Crippen LogP contribution in [0.2, 0.25) is 0 Å². The standard InChI is InChI=1S/C29H35N3.C14H10O2.Co/c1-7-22-14-11-15-23(8-2)28(22)30-20(5)26-18-13-19-27(32-26)21(6)31-29-24(9-3)16-12-17-25(29)10-4;15-13-11-7-3-1-5-9(11)10-6-2-4-8-12(10)14(13)16;/h11-19H,7-10H2,1-6H3;1-8,15-16H;. The predicted octanol–water partition coefficient (Wildman–Crippen LogP) is 11.0. The van der Waals surface area contributed by atoms with Gasteiger partial charge in [0.25, 0.3) is 0 Å². The molecule has 1 aromatic heterocycles. The van der Waals surface area contributed by atoms with Crippen LogP contribution in [-0.2, 0) is 42.5 Å². The summed E-state index contributed by atoms with van der Waals surface area (Å²) in [5, 5.41) is 23.1. The molecule has 0 saturated heterocycles. The number of hydrogen-bond acceptors (Lipinski definition) is 5. The monoisotopic (exact) mass is 694 g/mol. The average Bonchev–Trinajstić information content (AvgIpc) is 3.14. The molecule has 1 radical (unpaired) electrons. The molecule has 0 aliphatic rings. The van der Waals surface area contributed by atoms with Gasteiger partial charge >= 0.3 is 0 Å². The number of aryl methyl sites for hydroxylation is 4. The fourth-order valence-corrected chi connectivity index (χ4v) is 6.11. The molecule has 6 aromatic rings. The number of rotatable bonds is 8. The van der Waals surface area contributed by atoms with Crippen LogP contribution in [0.1, 0.15) is 75.2 Å². The van der Waals surface area contributed by atoms with Gasteiger partial charge in [0.1, 0.15) is 0 Å². The first-order valence-electron chi connectivity index (χ1n) is 16.9. The van der Waals surface area contributed by atoms with Crippen molar-refractivity contribution in [2.45, 2.75) is 67.2 Å². The van der Waals surface area contributed by atoms with E-state index in [1.165, 1.54) is 22.3 Å². The minimum atomic E-state index is -0.0469. The zero-order valence-corrected chi connectivity index (χ0v) is 30.3. The largest absolute Gasteiger partial charge is 0.504 e. The Morgan fingerprint density at radius 1 is 0.469 bits per heavy atom. The minimum Gasteiger partial charge on any atom is -0.504 e. The maximum atomic E-state index is 9.91. The molecule has 6 rings (SSSR count). The molecular formula is C43H45CoN3O2. The van der Waals surface area contributed by atoms with Gasteiger partial charge in [-0.15, -0.1) is 0 Å². The molecule has 49 heavy (non-hydrogen) atoms. The molecule has 0 atom stereocenters. The van der Waals surface area contributed by atoms with Gasteiger partial charge in [0.05, 0.1) is 34.2 Å². The van der Waals surface area contributed by atoms with Crippen LogP contribution >= 0.6 is 0 Å². The Morgan fingerprint density at radius 2 is 0.776 bits per heavy atom. The topological polar surface area (TPSA) is 78.1 Å². The van der Waals surface area contributed by atoms with Crippen LogP contribution in [0, 0.1) is 0 Å². The maximum Gasteiger partial charge on any atom is 0.166 e. The Labute approximate surface area is 300 Å². The smallest absolute Gasteiger partial charge is 0.166 e. The first-order valence-corrected chi connectivity index (χ1v) is 16.9. The summed E-state index contributed by atoms with van der Waals surface area (Å²) in [4.78, 5) is 15.0. The summed E-state index contributed by atoms with van der Waals surface area (Å²) >= 11 is 0. The van der Waals surface area contributed by atoms with Gasteiger partial charge in [0.2, 0.25) is 0 Å². The van der Waals surface area contributed by atoms with Crippen LogP contribution in [-0.4, -0.2) is 26.6 Å². The van der Waals surface area contributed by atoms with Crippen molar-refractivity contribution in [3.63, 3.8) is 0 Å². The van der Waals surface area contributed by atoms with Crippen LogP contribution < -0.4 is 0 Å². The van der Waals surface area contributed by atoms with E-state index in [1.54, 1.807) is 12.1 Å². The summed E-state index contributed by atoms with van der Waals surface area (Å²) in [5.74, 6) is -0.0939. The van der Waals surface area contributed by atoms with Crippen LogP contribution in [0.4, 0.5) is 11.4 Å². The van der Waals surface area contributed by atoms with Crippen molar-refractivity contribution >= 4 is 44.3 Å². The third kappa shape index (κ3) is 8.10. The second kappa shape index (κ2) is 17.0. The second-order valence-electron chi connectivity index (χ2n) is 11.9. The molecule has 2 N–H and O–H groups in total. The molecule has 0 bridgehead atoms. The minimum absolute atomic E-state index is 0. The zero-order valence-electron chi connectivity index (χ0n) is 29.2. The van der Waals surface area contributed by atoms with E-state index in [0.717, 1.165) is 70.6 Å². The van der Waals surface area contributed by atoms with E-state index >= 15 is 0 Å². The van der Waals surface area contributed by atoms with Crippen molar-refractivity contribution in [1.82, 2.24) is 4.98 Å². The summed E-state index contributed by atoms with van der Waals surface area (Å²) < 4.78 is 0. The number of phenols is 2. The van der Waals surface area contributed by atoms with Gasteiger partial charge in [-0.1, -0.05) is 119 Å². The van der Waals surface area contributed by atoms with Crippen molar-refractivity contribution in [2.24, 2.45) is 9.98 Å². The van der Waals surface area contributed by atoms with E-state index in [-0.39, 0.29) is 28.3 Å². The Bertz CT molecular complexity index is 1940. The molecule has 0 amide bonds. The van der Waals surface area contributed by atoms with Crippen LogP contribution in [0.3, 0.4) is 0 Å². The summed E-state index contributed by atoms with van der Waals surface area (Å²) in [6, 6.07) is 34.1. The van der Waals surface area contributed by atoms with Crippen molar-refractivity contribution in [1.29, 1.82) is 0 Å². The molecule has 5 nitrogen and oxygen atoms in total. The number of nitrogens with zero attached hydrogens (tertiary/aromatic N) is 3. The van der Waals surface area contributed by atoms with Gasteiger partial charge in [-0.3, -0.25) is 9.98 Å². The number of fused-ring (bicyclic) bond motifs is 3. The third-order valence-electron chi connectivity index (χ3n) is 8.86. The third-order valence-corrected chi connectivity index (χ3v) is 8.86. The van der Waals surface area contributed by atoms with Crippen molar-refractivity contribution < 1.29 is 27.0 Å². The number of hydrogen-bond donors (Lipinski definition) is 2. The molecule has 1 heterocycles. The van der Waals surface area contributed by atoms with E-state index in [2.05, 4.69) is 70.2 Å². The second-order valence-corrected chi connectivity index (χ2v) is 11.9. The number of aromatic hydroxyl groups is 2. The van der Waals surface area contributed by atoms with Gasteiger partial charge < -0.3 is 10.2 Å². The van der Waals surface area contributed by atoms with Gasteiger partial charge in [-0.05, 0) is 84.7 Å². The van der Waals surface area contributed by atoms with E-state index in [4.69, 9.17) is 15.0 Å². The normalized spacial score (nSPS) is 11.6. The maximum absolute atomic E-state index is 9.91. The number of pyridine rings is 1. The molecule has 6 heteroatoms. The van der Waals surface area contributed by atoms with Crippen LogP contribution in [0.15, 0.2) is 113 Å². The summed E-state index contributed by atoms with van der Waals surface area (Å²) in [7, 11) is 0. The van der Waals surface area contributed by atoms with Crippen molar-refractivity contribution in [2.75, 3.05) is 0 Å². The zero-order chi connectivity index (χ0) is 34.2. The van der Waals surface area contributed by atoms with Crippen LogP contribution in [0.5, 0.6) is 11.5 Å². The Morgan fingerprint density at radius 3 is 1.10 bits per heavy atom. The Hall–Kier alpha value is -4.78. The SMILES string of the molecule is CCc1cccc(CC)c1N=C(C)c1cccc(C(C)=Nc2c(CC)cccc2CC)n1.Oc1c(O)c2ccccc2c2ccccc12.[Co]. The van der Waals surface area contributed by atoms with Crippen molar-refractivity contribution in [3.8, 4) is 11.5 Å².